The van der Waals surface area contributed by atoms with Gasteiger partial charge in [-0.2, -0.15) is 0 Å². The number of carbonyl (C=O) groups is 1. The average molecular weight is 479 g/mol. The van der Waals surface area contributed by atoms with Gasteiger partial charge >= 0.3 is 0 Å². The minimum absolute atomic E-state index is 0.230. The zero-order chi connectivity index (χ0) is 21.8. The van der Waals surface area contributed by atoms with Gasteiger partial charge in [-0.05, 0) is 83.9 Å². The summed E-state index contributed by atoms with van der Waals surface area (Å²) in [5.41, 5.74) is 2.57. The van der Waals surface area contributed by atoms with Crippen LogP contribution in [0.25, 0.3) is 0 Å². The van der Waals surface area contributed by atoms with Crippen molar-refractivity contribution in [1.82, 2.24) is 15.0 Å². The van der Waals surface area contributed by atoms with Gasteiger partial charge in [-0.1, -0.05) is 0 Å². The van der Waals surface area contributed by atoms with Gasteiger partial charge in [0.2, 0.25) is 0 Å². The fourth-order valence-corrected chi connectivity index (χ4v) is 3.15. The number of aromatic nitrogens is 3. The molecule has 3 heterocycles. The van der Waals surface area contributed by atoms with Crippen LogP contribution in [-0.4, -0.2) is 20.9 Å². The standard InChI is InChI=1S/C22H19BrN6O2/c1-13-9-10-24-19(11-13)29-21-12-20(25-14(2)26-21)27-15-3-5-16(6-4-15)28-22(30)17-7-8-18(23)31-17/h3-12H,1-2H3,(H,28,30)(H2,24,25,26,27,29). The number of nitrogens with one attached hydrogen (secondary N) is 3. The highest BCUT2D eigenvalue weighted by molar-refractivity contribution is 9.10. The molecule has 3 aromatic heterocycles. The van der Waals surface area contributed by atoms with E-state index in [1.807, 2.05) is 44.2 Å². The molecule has 31 heavy (non-hydrogen) atoms. The van der Waals surface area contributed by atoms with E-state index in [4.69, 9.17) is 4.42 Å². The van der Waals surface area contributed by atoms with Gasteiger partial charge in [0.15, 0.2) is 10.4 Å². The van der Waals surface area contributed by atoms with Crippen molar-refractivity contribution in [2.75, 3.05) is 16.0 Å². The van der Waals surface area contributed by atoms with Crippen LogP contribution < -0.4 is 16.0 Å². The fourth-order valence-electron chi connectivity index (χ4n) is 2.85. The van der Waals surface area contributed by atoms with Crippen molar-refractivity contribution >= 4 is 50.7 Å². The molecule has 0 atom stereocenters. The molecule has 9 heteroatoms. The monoisotopic (exact) mass is 478 g/mol. The molecule has 0 radical (unpaired) electrons. The Morgan fingerprint density at radius 2 is 1.58 bits per heavy atom. The van der Waals surface area contributed by atoms with E-state index in [1.54, 1.807) is 30.5 Å². The number of anilines is 5. The molecule has 0 aliphatic rings. The van der Waals surface area contributed by atoms with E-state index in [9.17, 15) is 4.79 Å². The quantitative estimate of drug-likeness (QED) is 0.331. The molecule has 4 aromatic rings. The number of hydrogen-bond donors (Lipinski definition) is 3. The highest BCUT2D eigenvalue weighted by Crippen LogP contribution is 2.22. The molecular weight excluding hydrogens is 460 g/mol. The summed E-state index contributed by atoms with van der Waals surface area (Å²) in [4.78, 5) is 25.3. The summed E-state index contributed by atoms with van der Waals surface area (Å²) in [6.45, 7) is 3.83. The second-order valence-corrected chi connectivity index (χ2v) is 7.57. The number of carbonyl (C=O) groups excluding carboxylic acids is 1. The molecule has 0 unspecified atom stereocenters. The van der Waals surface area contributed by atoms with Gasteiger partial charge in [-0.25, -0.2) is 15.0 Å². The van der Waals surface area contributed by atoms with Gasteiger partial charge in [0.05, 0.1) is 0 Å². The molecule has 8 nitrogen and oxygen atoms in total. The Labute approximate surface area is 187 Å². The van der Waals surface area contributed by atoms with E-state index in [2.05, 4.69) is 46.8 Å². The van der Waals surface area contributed by atoms with Crippen LogP contribution >= 0.6 is 15.9 Å². The van der Waals surface area contributed by atoms with Gasteiger partial charge in [0.25, 0.3) is 5.91 Å². The maximum atomic E-state index is 12.2. The molecule has 0 spiro atoms. The topological polar surface area (TPSA) is 105 Å². The summed E-state index contributed by atoms with van der Waals surface area (Å²) >= 11 is 3.19. The lowest BCUT2D eigenvalue weighted by molar-refractivity contribution is 0.0995. The maximum absolute atomic E-state index is 12.2. The van der Waals surface area contributed by atoms with E-state index in [0.717, 1.165) is 11.3 Å². The Morgan fingerprint density at radius 1 is 0.871 bits per heavy atom. The number of amides is 1. The van der Waals surface area contributed by atoms with Crippen LogP contribution in [0.4, 0.5) is 28.8 Å². The lowest BCUT2D eigenvalue weighted by atomic mass is 10.2. The van der Waals surface area contributed by atoms with Crippen LogP contribution in [0.3, 0.4) is 0 Å². The van der Waals surface area contributed by atoms with Gasteiger partial charge < -0.3 is 20.4 Å². The smallest absolute Gasteiger partial charge is 0.291 e. The summed E-state index contributed by atoms with van der Waals surface area (Å²) in [7, 11) is 0. The van der Waals surface area contributed by atoms with Crippen LogP contribution in [0.1, 0.15) is 21.9 Å². The van der Waals surface area contributed by atoms with Crippen molar-refractivity contribution in [3.8, 4) is 0 Å². The molecule has 3 N–H and O–H groups in total. The minimum atomic E-state index is -0.321. The Bertz CT molecular complexity index is 1220. The Kier molecular flexibility index (Phi) is 5.94. The molecule has 0 bridgehead atoms. The van der Waals surface area contributed by atoms with Crippen LogP contribution in [0.5, 0.6) is 0 Å². The zero-order valence-corrected chi connectivity index (χ0v) is 18.4. The molecule has 4 rings (SSSR count). The van der Waals surface area contributed by atoms with Crippen molar-refractivity contribution in [2.45, 2.75) is 13.8 Å². The second kappa shape index (κ2) is 8.97. The van der Waals surface area contributed by atoms with Crippen LogP contribution in [0, 0.1) is 13.8 Å². The first-order valence-corrected chi connectivity index (χ1v) is 10.2. The van der Waals surface area contributed by atoms with Gasteiger partial charge in [0.1, 0.15) is 23.3 Å². The average Bonchev–Trinajstić information content (AvgIpc) is 3.16. The van der Waals surface area contributed by atoms with Crippen LogP contribution in [0.2, 0.25) is 0 Å². The number of aryl methyl sites for hydroxylation is 2. The first kappa shape index (κ1) is 20.5. The largest absolute Gasteiger partial charge is 0.444 e. The number of nitrogens with zero attached hydrogens (tertiary/aromatic N) is 3. The van der Waals surface area contributed by atoms with E-state index >= 15 is 0 Å². The number of benzene rings is 1. The van der Waals surface area contributed by atoms with E-state index < -0.39 is 0 Å². The molecule has 1 aromatic carbocycles. The highest BCUT2D eigenvalue weighted by atomic mass is 79.9. The molecular formula is C22H19BrN6O2. The lowest BCUT2D eigenvalue weighted by Crippen LogP contribution is -2.10. The summed E-state index contributed by atoms with van der Waals surface area (Å²) in [5.74, 6) is 2.52. The van der Waals surface area contributed by atoms with E-state index in [1.165, 1.54) is 0 Å². The summed E-state index contributed by atoms with van der Waals surface area (Å²) < 4.78 is 5.76. The van der Waals surface area contributed by atoms with Crippen molar-refractivity contribution in [1.29, 1.82) is 0 Å². The molecule has 0 fully saturated rings. The number of furan rings is 1. The minimum Gasteiger partial charge on any atom is -0.444 e. The second-order valence-electron chi connectivity index (χ2n) is 6.79. The third-order valence-corrected chi connectivity index (χ3v) is 4.65. The normalized spacial score (nSPS) is 10.5. The number of rotatable bonds is 6. The number of hydrogen-bond acceptors (Lipinski definition) is 7. The molecule has 0 saturated carbocycles. The fraction of sp³-hybridized carbons (Fsp3) is 0.0909. The van der Waals surface area contributed by atoms with E-state index in [0.29, 0.717) is 33.6 Å². The number of halogens is 1. The third-order valence-electron chi connectivity index (χ3n) is 4.22. The highest BCUT2D eigenvalue weighted by Gasteiger charge is 2.11. The molecule has 156 valence electrons. The molecule has 0 saturated heterocycles. The summed E-state index contributed by atoms with van der Waals surface area (Å²) in [5, 5.41) is 9.24. The Morgan fingerprint density at radius 3 is 2.26 bits per heavy atom. The first-order valence-electron chi connectivity index (χ1n) is 9.44. The van der Waals surface area contributed by atoms with Gasteiger partial charge in [-0.15, -0.1) is 0 Å². The predicted octanol–water partition coefficient (Wildman–Crippen LogP) is 5.58. The molecule has 1 amide bonds. The maximum Gasteiger partial charge on any atom is 0.291 e. The Balaban J connectivity index is 1.44. The Hall–Kier alpha value is -3.72. The predicted molar refractivity (Wildman–Crippen MR) is 123 cm³/mol. The number of pyridine rings is 1. The van der Waals surface area contributed by atoms with Crippen molar-refractivity contribution in [3.05, 3.63) is 82.6 Å². The lowest BCUT2D eigenvalue weighted by Gasteiger charge is -2.11. The third kappa shape index (κ3) is 5.46. The first-order chi connectivity index (χ1) is 14.9. The van der Waals surface area contributed by atoms with Crippen molar-refractivity contribution in [2.24, 2.45) is 0 Å². The van der Waals surface area contributed by atoms with Gasteiger partial charge in [-0.3, -0.25) is 4.79 Å². The summed E-state index contributed by atoms with van der Waals surface area (Å²) in [6.07, 6.45) is 1.75. The van der Waals surface area contributed by atoms with Crippen LogP contribution in [0.15, 0.2) is 69.9 Å². The van der Waals surface area contributed by atoms with Crippen molar-refractivity contribution in [3.63, 3.8) is 0 Å². The summed E-state index contributed by atoms with van der Waals surface area (Å²) in [6, 6.07) is 16.2. The van der Waals surface area contributed by atoms with Gasteiger partial charge in [0, 0.05) is 23.6 Å². The molecule has 0 aliphatic heterocycles. The van der Waals surface area contributed by atoms with Crippen molar-refractivity contribution < 1.29 is 9.21 Å². The SMILES string of the molecule is Cc1ccnc(Nc2cc(Nc3ccc(NC(=O)c4ccc(Br)o4)cc3)nc(C)n2)c1. The zero-order valence-electron chi connectivity index (χ0n) is 16.8. The van der Waals surface area contributed by atoms with E-state index in [-0.39, 0.29) is 11.7 Å². The van der Waals surface area contributed by atoms with Crippen LogP contribution in [-0.2, 0) is 0 Å². The molecule has 0 aliphatic carbocycles.